The Kier molecular flexibility index (Phi) is 4.12. The first-order valence-electron chi connectivity index (χ1n) is 8.33. The first kappa shape index (κ1) is 16.3. The van der Waals surface area contributed by atoms with E-state index in [0.29, 0.717) is 23.6 Å². The molecule has 0 aliphatic carbocycles. The van der Waals surface area contributed by atoms with Crippen LogP contribution in [0.15, 0.2) is 42.5 Å². The number of ether oxygens (including phenoxy) is 3. The molecule has 1 unspecified atom stereocenters. The molecular formula is C19H18N2O5. The molecule has 2 heterocycles. The number of benzene rings is 2. The molecule has 0 aromatic heterocycles. The number of nitrogens with zero attached hydrogens (tertiary/aromatic N) is 1. The second-order valence-corrected chi connectivity index (χ2v) is 6.23. The van der Waals surface area contributed by atoms with Crippen molar-refractivity contribution in [2.75, 3.05) is 24.8 Å². The Hall–Kier alpha value is -3.22. The van der Waals surface area contributed by atoms with E-state index in [2.05, 4.69) is 5.32 Å². The fourth-order valence-corrected chi connectivity index (χ4v) is 2.98. The highest BCUT2D eigenvalue weighted by Gasteiger charge is 2.32. The van der Waals surface area contributed by atoms with Crippen LogP contribution in [0, 0.1) is 6.92 Å². The molecule has 2 aromatic rings. The van der Waals surface area contributed by atoms with Crippen molar-refractivity contribution in [1.29, 1.82) is 0 Å². The summed E-state index contributed by atoms with van der Waals surface area (Å²) < 4.78 is 15.9. The van der Waals surface area contributed by atoms with Crippen LogP contribution >= 0.6 is 0 Å². The predicted octanol–water partition coefficient (Wildman–Crippen LogP) is 2.48. The van der Waals surface area contributed by atoms with E-state index in [1.165, 1.54) is 0 Å². The van der Waals surface area contributed by atoms with Gasteiger partial charge in [-0.15, -0.1) is 0 Å². The quantitative estimate of drug-likeness (QED) is 0.913. The summed E-state index contributed by atoms with van der Waals surface area (Å²) in [5.74, 6) is 0.920. The molecule has 1 saturated heterocycles. The van der Waals surface area contributed by atoms with E-state index in [1.807, 2.05) is 31.2 Å². The van der Waals surface area contributed by atoms with Crippen LogP contribution in [0.25, 0.3) is 0 Å². The van der Waals surface area contributed by atoms with Gasteiger partial charge in [-0.2, -0.15) is 0 Å². The molecule has 0 radical (unpaired) electrons. The van der Waals surface area contributed by atoms with E-state index in [9.17, 15) is 9.59 Å². The van der Waals surface area contributed by atoms with Crippen molar-refractivity contribution in [3.63, 3.8) is 0 Å². The number of carbonyl (C=O) groups is 2. The molecular weight excluding hydrogens is 336 g/mol. The minimum absolute atomic E-state index is 0.160. The molecule has 7 nitrogen and oxygen atoms in total. The van der Waals surface area contributed by atoms with Gasteiger partial charge in [0.2, 0.25) is 6.79 Å². The molecule has 0 bridgehead atoms. The minimum Gasteiger partial charge on any atom is -0.454 e. The summed E-state index contributed by atoms with van der Waals surface area (Å²) in [7, 11) is 0. The third-order valence-corrected chi connectivity index (χ3v) is 4.31. The number of nitrogens with one attached hydrogen (secondary N) is 1. The average molecular weight is 354 g/mol. The summed E-state index contributed by atoms with van der Waals surface area (Å²) in [5, 5.41) is 2.80. The normalized spacial score (nSPS) is 18.0. The van der Waals surface area contributed by atoms with Crippen LogP contribution in [0.4, 0.5) is 10.5 Å². The number of carbonyl (C=O) groups excluding carboxylic acids is 2. The molecule has 1 N–H and O–H groups in total. The summed E-state index contributed by atoms with van der Waals surface area (Å²) in [6.07, 6.45) is -0.807. The van der Waals surface area contributed by atoms with Crippen molar-refractivity contribution >= 4 is 17.7 Å². The monoisotopic (exact) mass is 354 g/mol. The number of cyclic esters (lactones) is 1. The van der Waals surface area contributed by atoms with Crippen molar-refractivity contribution in [2.24, 2.45) is 0 Å². The third kappa shape index (κ3) is 3.15. The fourth-order valence-electron chi connectivity index (χ4n) is 2.98. The van der Waals surface area contributed by atoms with E-state index >= 15 is 0 Å². The molecule has 1 atom stereocenters. The summed E-state index contributed by atoms with van der Waals surface area (Å²) >= 11 is 0. The predicted molar refractivity (Wildman–Crippen MR) is 93.7 cm³/mol. The zero-order chi connectivity index (χ0) is 18.1. The Bertz CT molecular complexity index is 867. The van der Waals surface area contributed by atoms with Gasteiger partial charge in [-0.3, -0.25) is 9.69 Å². The highest BCUT2D eigenvalue weighted by molar-refractivity contribution is 5.95. The van der Waals surface area contributed by atoms with Crippen molar-refractivity contribution in [3.05, 3.63) is 53.6 Å². The van der Waals surface area contributed by atoms with Crippen molar-refractivity contribution in [3.8, 4) is 11.5 Å². The Morgan fingerprint density at radius 3 is 2.88 bits per heavy atom. The number of anilines is 1. The Balaban J connectivity index is 1.36. The van der Waals surface area contributed by atoms with E-state index in [4.69, 9.17) is 14.2 Å². The maximum atomic E-state index is 12.3. The van der Waals surface area contributed by atoms with Crippen LogP contribution in [0.5, 0.6) is 11.5 Å². The van der Waals surface area contributed by atoms with Gasteiger partial charge in [-0.05, 0) is 42.8 Å². The van der Waals surface area contributed by atoms with E-state index in [-0.39, 0.29) is 19.2 Å². The molecule has 2 aromatic carbocycles. The molecule has 1 fully saturated rings. The molecule has 2 aliphatic rings. The maximum absolute atomic E-state index is 12.3. The lowest BCUT2D eigenvalue weighted by Crippen LogP contribution is -2.34. The van der Waals surface area contributed by atoms with Crippen LogP contribution in [-0.4, -0.2) is 38.0 Å². The van der Waals surface area contributed by atoms with Crippen molar-refractivity contribution in [1.82, 2.24) is 5.32 Å². The van der Waals surface area contributed by atoms with Crippen molar-refractivity contribution in [2.45, 2.75) is 13.0 Å². The number of fused-ring (bicyclic) bond motifs is 1. The summed E-state index contributed by atoms with van der Waals surface area (Å²) in [6.45, 7) is 2.76. The molecule has 7 heteroatoms. The third-order valence-electron chi connectivity index (χ3n) is 4.31. The van der Waals surface area contributed by atoms with Gasteiger partial charge in [-0.1, -0.05) is 12.1 Å². The molecule has 2 aliphatic heterocycles. The SMILES string of the molecule is Cc1cccc(N2CC(CNC(=O)c3ccc4c(c3)OCO4)OC2=O)c1. The second-order valence-electron chi connectivity index (χ2n) is 6.23. The number of rotatable bonds is 4. The largest absolute Gasteiger partial charge is 0.454 e. The zero-order valence-electron chi connectivity index (χ0n) is 14.2. The van der Waals surface area contributed by atoms with Crippen LogP contribution in [-0.2, 0) is 4.74 Å². The fraction of sp³-hybridized carbons (Fsp3) is 0.263. The van der Waals surface area contributed by atoms with Gasteiger partial charge in [0.05, 0.1) is 13.1 Å². The van der Waals surface area contributed by atoms with E-state index < -0.39 is 12.2 Å². The second kappa shape index (κ2) is 6.59. The van der Waals surface area contributed by atoms with Crippen molar-refractivity contribution < 1.29 is 23.8 Å². The van der Waals surface area contributed by atoms with Gasteiger partial charge in [-0.25, -0.2) is 4.79 Å². The Morgan fingerprint density at radius 1 is 1.19 bits per heavy atom. The summed E-state index contributed by atoms with van der Waals surface area (Å²) in [5.41, 5.74) is 2.32. The molecule has 2 amide bonds. The van der Waals surface area contributed by atoms with Crippen LogP contribution < -0.4 is 19.7 Å². The maximum Gasteiger partial charge on any atom is 0.414 e. The lowest BCUT2D eigenvalue weighted by Gasteiger charge is -2.13. The Labute approximate surface area is 150 Å². The highest BCUT2D eigenvalue weighted by Crippen LogP contribution is 2.32. The topological polar surface area (TPSA) is 77.1 Å². The first-order valence-corrected chi connectivity index (χ1v) is 8.33. The number of hydrogen-bond donors (Lipinski definition) is 1. The average Bonchev–Trinajstić information content (AvgIpc) is 3.25. The smallest absolute Gasteiger partial charge is 0.414 e. The zero-order valence-corrected chi connectivity index (χ0v) is 14.2. The van der Waals surface area contributed by atoms with Crippen LogP contribution in [0.1, 0.15) is 15.9 Å². The van der Waals surface area contributed by atoms with Gasteiger partial charge in [0.1, 0.15) is 6.10 Å². The summed E-state index contributed by atoms with van der Waals surface area (Å²) in [6, 6.07) is 12.7. The van der Waals surface area contributed by atoms with Gasteiger partial charge < -0.3 is 19.5 Å². The molecule has 26 heavy (non-hydrogen) atoms. The highest BCUT2D eigenvalue weighted by atomic mass is 16.7. The van der Waals surface area contributed by atoms with Gasteiger partial charge in [0, 0.05) is 11.3 Å². The van der Waals surface area contributed by atoms with Gasteiger partial charge in [0.25, 0.3) is 5.91 Å². The first-order chi connectivity index (χ1) is 12.6. The number of amides is 2. The van der Waals surface area contributed by atoms with Gasteiger partial charge in [0.15, 0.2) is 11.5 Å². The van der Waals surface area contributed by atoms with Gasteiger partial charge >= 0.3 is 6.09 Å². The van der Waals surface area contributed by atoms with E-state index in [1.54, 1.807) is 23.1 Å². The molecule has 134 valence electrons. The summed E-state index contributed by atoms with van der Waals surface area (Å²) in [4.78, 5) is 26.0. The standard InChI is InChI=1S/C19H18N2O5/c1-12-3-2-4-14(7-12)21-10-15(26-19(21)23)9-20-18(22)13-5-6-16-17(8-13)25-11-24-16/h2-8,15H,9-11H2,1H3,(H,20,22). The van der Waals surface area contributed by atoms with E-state index in [0.717, 1.165) is 11.3 Å². The van der Waals surface area contributed by atoms with Crippen LogP contribution in [0.2, 0.25) is 0 Å². The molecule has 4 rings (SSSR count). The number of aryl methyl sites for hydroxylation is 1. The lowest BCUT2D eigenvalue weighted by atomic mass is 10.2. The lowest BCUT2D eigenvalue weighted by molar-refractivity contribution is 0.0915. The Morgan fingerprint density at radius 2 is 2.04 bits per heavy atom. The number of hydrogen-bond acceptors (Lipinski definition) is 5. The molecule has 0 saturated carbocycles. The molecule has 0 spiro atoms. The minimum atomic E-state index is -0.405. The van der Waals surface area contributed by atoms with Crippen LogP contribution in [0.3, 0.4) is 0 Å².